The first-order valence-electron chi connectivity index (χ1n) is 12.0. The molecule has 196 valence electrons. The third-order valence-corrected chi connectivity index (χ3v) is 7.67. The molecule has 1 aliphatic heterocycles. The molecule has 0 aliphatic carbocycles. The van der Waals surface area contributed by atoms with E-state index in [9.17, 15) is 14.4 Å². The maximum absolute atomic E-state index is 13.9. The Labute approximate surface area is 227 Å². The van der Waals surface area contributed by atoms with E-state index in [1.54, 1.807) is 87.0 Å². The Bertz CT molecular complexity index is 1780. The lowest BCUT2D eigenvalue weighted by Crippen LogP contribution is -2.42. The third kappa shape index (κ3) is 4.64. The van der Waals surface area contributed by atoms with Gasteiger partial charge in [-0.1, -0.05) is 54.6 Å². The van der Waals surface area contributed by atoms with E-state index in [0.717, 1.165) is 16.9 Å². The van der Waals surface area contributed by atoms with Gasteiger partial charge in [0.1, 0.15) is 22.0 Å². The molecule has 1 aliphatic rings. The number of benzene rings is 3. The Morgan fingerprint density at radius 2 is 1.46 bits per heavy atom. The van der Waals surface area contributed by atoms with Gasteiger partial charge in [-0.15, -0.1) is 11.3 Å². The van der Waals surface area contributed by atoms with Gasteiger partial charge in [0, 0.05) is 11.5 Å². The number of aromatic nitrogens is 1. The Morgan fingerprint density at radius 1 is 0.872 bits per heavy atom. The summed E-state index contributed by atoms with van der Waals surface area (Å²) in [4.78, 5) is 40.6. The molecule has 0 fully saturated rings. The van der Waals surface area contributed by atoms with Crippen LogP contribution in [0.5, 0.6) is 11.5 Å². The van der Waals surface area contributed by atoms with Crippen LogP contribution in [0.3, 0.4) is 0 Å². The number of methoxy groups -OCH3 is 2. The summed E-state index contributed by atoms with van der Waals surface area (Å²) in [5, 5.41) is 0. The smallest absolute Gasteiger partial charge is 0.274 e. The van der Waals surface area contributed by atoms with E-state index >= 15 is 0 Å². The van der Waals surface area contributed by atoms with Crippen LogP contribution in [0.4, 0.5) is 0 Å². The van der Waals surface area contributed by atoms with Crippen molar-refractivity contribution in [2.45, 2.75) is 5.92 Å². The molecule has 2 heterocycles. The van der Waals surface area contributed by atoms with E-state index in [0.29, 0.717) is 27.2 Å². The van der Waals surface area contributed by atoms with Crippen LogP contribution >= 0.6 is 11.3 Å². The van der Waals surface area contributed by atoms with Crippen molar-refractivity contribution in [3.63, 3.8) is 0 Å². The highest BCUT2D eigenvalue weighted by Crippen LogP contribution is 2.38. The Hall–Kier alpha value is -4.89. The number of Topliss-reactive ketones (excluding diaryl/α,β-unsaturated/α-hetero) is 1. The summed E-state index contributed by atoms with van der Waals surface area (Å²) < 4.78 is 12.3. The zero-order valence-electron chi connectivity index (χ0n) is 21.2. The lowest BCUT2D eigenvalue weighted by molar-refractivity contribution is -0.113. The van der Waals surface area contributed by atoms with Crippen LogP contribution in [0.2, 0.25) is 0 Å². The van der Waals surface area contributed by atoms with Crippen molar-refractivity contribution in [1.82, 2.24) is 4.57 Å². The monoisotopic (exact) mass is 539 g/mol. The molecule has 0 saturated carbocycles. The molecule has 4 aromatic rings. The molecule has 39 heavy (non-hydrogen) atoms. The number of thiazole rings is 1. The molecule has 0 unspecified atom stereocenters. The van der Waals surface area contributed by atoms with Gasteiger partial charge >= 0.3 is 0 Å². The molecule has 1 atom stereocenters. The Kier molecular flexibility index (Phi) is 6.91. The van der Waals surface area contributed by atoms with Gasteiger partial charge in [0.15, 0.2) is 5.78 Å². The van der Waals surface area contributed by atoms with E-state index in [2.05, 4.69) is 0 Å². The first-order chi connectivity index (χ1) is 18.8. The largest absolute Gasteiger partial charge is 0.497 e. The fourth-order valence-corrected chi connectivity index (χ4v) is 5.82. The summed E-state index contributed by atoms with van der Waals surface area (Å²) in [5.74, 6) is -0.817. The number of ketones is 1. The number of carbonyl (C=O) groups excluding carboxylic acids is 2. The van der Waals surface area contributed by atoms with Crippen molar-refractivity contribution in [2.75, 3.05) is 14.2 Å². The highest BCUT2D eigenvalue weighted by molar-refractivity contribution is 7.07. The van der Waals surface area contributed by atoms with Gasteiger partial charge in [0.25, 0.3) is 5.56 Å². The number of allylic oxidation sites excluding steroid dienone is 1. The summed E-state index contributed by atoms with van der Waals surface area (Å²) in [6.45, 7) is 0. The number of primary amides is 1. The molecule has 9 heteroatoms. The molecule has 1 aromatic heterocycles. The number of ether oxygens (including phenoxy) is 2. The minimum Gasteiger partial charge on any atom is -0.497 e. The first kappa shape index (κ1) is 25.7. The lowest BCUT2D eigenvalue weighted by Gasteiger charge is -2.27. The normalized spacial score (nSPS) is 15.2. The predicted octanol–water partition coefficient (Wildman–Crippen LogP) is 2.20. The number of carbonyl (C=O) groups is 2. The van der Waals surface area contributed by atoms with Crippen LogP contribution < -0.4 is 35.7 Å². The SMILES string of the molecule is COc1ccc(/C=c2/sc3n(c2=O)C(N)=C(C(=O)c2ccccc2)[C@H](c2ccc(OC)cc2)C=3C(N)=O)cc1. The van der Waals surface area contributed by atoms with Gasteiger partial charge in [-0.3, -0.25) is 19.0 Å². The predicted molar refractivity (Wildman–Crippen MR) is 151 cm³/mol. The van der Waals surface area contributed by atoms with Crippen LogP contribution in [-0.2, 0) is 4.79 Å². The fourth-order valence-electron chi connectivity index (χ4n) is 4.64. The van der Waals surface area contributed by atoms with E-state index < -0.39 is 23.2 Å². The molecular formula is C30H25N3O5S. The number of amides is 1. The van der Waals surface area contributed by atoms with Gasteiger partial charge in [0.2, 0.25) is 5.91 Å². The van der Waals surface area contributed by atoms with E-state index in [-0.39, 0.29) is 21.6 Å². The van der Waals surface area contributed by atoms with Crippen molar-refractivity contribution in [3.8, 4) is 11.5 Å². The van der Waals surface area contributed by atoms with Crippen LogP contribution in [0.25, 0.3) is 17.5 Å². The average molecular weight is 540 g/mol. The fraction of sp³-hybridized carbons (Fsp3) is 0.100. The summed E-state index contributed by atoms with van der Waals surface area (Å²) in [6, 6.07) is 22.7. The van der Waals surface area contributed by atoms with Gasteiger partial charge < -0.3 is 20.9 Å². The van der Waals surface area contributed by atoms with Gasteiger partial charge in [-0.05, 0) is 41.5 Å². The molecule has 3 aromatic carbocycles. The molecule has 8 nitrogen and oxygen atoms in total. The van der Waals surface area contributed by atoms with Crippen molar-refractivity contribution < 1.29 is 19.1 Å². The minimum absolute atomic E-state index is 0.0414. The minimum atomic E-state index is -0.895. The molecule has 0 radical (unpaired) electrons. The highest BCUT2D eigenvalue weighted by atomic mass is 32.1. The average Bonchev–Trinajstić information content (AvgIpc) is 3.28. The van der Waals surface area contributed by atoms with E-state index in [1.165, 1.54) is 4.57 Å². The second-order valence-corrected chi connectivity index (χ2v) is 9.84. The Morgan fingerprint density at radius 3 is 2.03 bits per heavy atom. The van der Waals surface area contributed by atoms with Crippen molar-refractivity contribution in [1.29, 1.82) is 0 Å². The number of rotatable bonds is 7. The quantitative estimate of drug-likeness (QED) is 0.347. The maximum Gasteiger partial charge on any atom is 0.274 e. The molecule has 0 spiro atoms. The van der Waals surface area contributed by atoms with Crippen LogP contribution in [0.15, 0.2) is 89.2 Å². The number of hydrogen-bond donors (Lipinski definition) is 2. The van der Waals surface area contributed by atoms with Gasteiger partial charge in [0.05, 0.1) is 29.9 Å². The summed E-state index contributed by atoms with van der Waals surface area (Å²) in [5.41, 5.74) is 14.1. The number of fused-ring (bicyclic) bond motifs is 1. The molecule has 0 saturated heterocycles. The van der Waals surface area contributed by atoms with Crippen LogP contribution in [0.1, 0.15) is 27.4 Å². The maximum atomic E-state index is 13.9. The lowest BCUT2D eigenvalue weighted by atomic mass is 9.80. The highest BCUT2D eigenvalue weighted by Gasteiger charge is 2.38. The zero-order chi connectivity index (χ0) is 27.7. The van der Waals surface area contributed by atoms with Crippen LogP contribution in [-0.4, -0.2) is 30.5 Å². The standard InChI is InChI=1S/C30H25N3O5S/c1-37-20-12-8-17(9-13-20)16-22-29(36)33-27(31)24(26(34)19-6-4-3-5-7-19)23(25(28(32)35)30(33)39-22)18-10-14-21(38-2)15-11-18/h3-16,23H,31H2,1-2H3,(H2,32,35)/b22-16+/t23-/m0/s1. The summed E-state index contributed by atoms with van der Waals surface area (Å²) >= 11 is 1.10. The van der Waals surface area contributed by atoms with Crippen molar-refractivity contribution >= 4 is 40.5 Å². The van der Waals surface area contributed by atoms with Crippen molar-refractivity contribution in [3.05, 3.63) is 121 Å². The second kappa shape index (κ2) is 10.5. The third-order valence-electron chi connectivity index (χ3n) is 6.56. The first-order valence-corrected chi connectivity index (χ1v) is 12.8. The molecule has 5 rings (SSSR count). The molecule has 4 N–H and O–H groups in total. The van der Waals surface area contributed by atoms with Gasteiger partial charge in [-0.2, -0.15) is 0 Å². The Balaban J connectivity index is 1.82. The number of hydrogen-bond acceptors (Lipinski definition) is 7. The van der Waals surface area contributed by atoms with E-state index in [1.807, 2.05) is 12.1 Å². The second-order valence-electron chi connectivity index (χ2n) is 8.81. The number of nitrogens with two attached hydrogens (primary N) is 2. The number of nitrogens with zero attached hydrogens (tertiary/aromatic N) is 1. The summed E-state index contributed by atoms with van der Waals surface area (Å²) in [7, 11) is 3.12. The molecule has 0 bridgehead atoms. The van der Waals surface area contributed by atoms with Crippen LogP contribution in [0, 0.1) is 0 Å². The molecular weight excluding hydrogens is 514 g/mol. The van der Waals surface area contributed by atoms with Gasteiger partial charge in [-0.25, -0.2) is 0 Å². The zero-order valence-corrected chi connectivity index (χ0v) is 22.0. The van der Waals surface area contributed by atoms with Crippen molar-refractivity contribution in [2.24, 2.45) is 11.5 Å². The summed E-state index contributed by atoms with van der Waals surface area (Å²) in [6.07, 6.45) is 1.70. The van der Waals surface area contributed by atoms with E-state index in [4.69, 9.17) is 20.9 Å². The molecule has 1 amide bonds. The topological polar surface area (TPSA) is 127 Å².